The Labute approximate surface area is 105 Å². The summed E-state index contributed by atoms with van der Waals surface area (Å²) >= 11 is 12.2. The first-order valence-electron chi connectivity index (χ1n) is 5.60. The third-order valence-electron chi connectivity index (χ3n) is 3.69. The molecule has 0 spiro atoms. The van der Waals surface area contributed by atoms with Crippen LogP contribution in [0.4, 0.5) is 0 Å². The van der Waals surface area contributed by atoms with E-state index >= 15 is 0 Å². The molecule has 0 amide bonds. The summed E-state index contributed by atoms with van der Waals surface area (Å²) in [6.07, 6.45) is 3.17. The fraction of sp³-hybridized carbons (Fsp3) is 0.500. The zero-order chi connectivity index (χ0) is 11.3. The molecule has 2 N–H and O–H groups in total. The van der Waals surface area contributed by atoms with Crippen molar-refractivity contribution in [1.82, 2.24) is 5.32 Å². The number of phenols is 1. The van der Waals surface area contributed by atoms with E-state index in [1.165, 1.54) is 5.56 Å². The van der Waals surface area contributed by atoms with Gasteiger partial charge >= 0.3 is 0 Å². The van der Waals surface area contributed by atoms with E-state index in [2.05, 4.69) is 5.32 Å². The molecule has 0 radical (unpaired) electrons. The van der Waals surface area contributed by atoms with Crippen molar-refractivity contribution in [2.24, 2.45) is 0 Å². The van der Waals surface area contributed by atoms with Gasteiger partial charge in [-0.25, -0.2) is 0 Å². The second-order valence-electron chi connectivity index (χ2n) is 4.67. The maximum atomic E-state index is 9.78. The van der Waals surface area contributed by atoms with Crippen molar-refractivity contribution in [2.75, 3.05) is 6.54 Å². The van der Waals surface area contributed by atoms with Gasteiger partial charge in [0.2, 0.25) is 0 Å². The van der Waals surface area contributed by atoms with Crippen LogP contribution in [0, 0.1) is 0 Å². The Kier molecular flexibility index (Phi) is 2.54. The van der Waals surface area contributed by atoms with Crippen LogP contribution in [-0.4, -0.2) is 17.7 Å². The van der Waals surface area contributed by atoms with Crippen LogP contribution in [0.5, 0.6) is 5.75 Å². The average molecular weight is 258 g/mol. The minimum absolute atomic E-state index is 0.0408. The molecule has 1 aliphatic heterocycles. The van der Waals surface area contributed by atoms with Gasteiger partial charge in [-0.05, 0) is 48.9 Å². The molecule has 2 aliphatic rings. The van der Waals surface area contributed by atoms with Gasteiger partial charge in [0, 0.05) is 6.04 Å². The number of hydrogen-bond acceptors (Lipinski definition) is 2. The summed E-state index contributed by atoms with van der Waals surface area (Å²) in [6, 6.07) is 2.41. The molecule has 1 heterocycles. The van der Waals surface area contributed by atoms with Gasteiger partial charge in [0.1, 0.15) is 0 Å². The van der Waals surface area contributed by atoms with Gasteiger partial charge in [0.05, 0.1) is 10.0 Å². The fourth-order valence-electron chi connectivity index (χ4n) is 2.97. The molecule has 16 heavy (non-hydrogen) atoms. The Balaban J connectivity index is 2.17. The molecule has 1 aromatic carbocycles. The Morgan fingerprint density at radius 3 is 3.00 bits per heavy atom. The van der Waals surface area contributed by atoms with E-state index in [-0.39, 0.29) is 5.75 Å². The normalized spacial score (nSPS) is 27.6. The van der Waals surface area contributed by atoms with Crippen molar-refractivity contribution < 1.29 is 5.11 Å². The van der Waals surface area contributed by atoms with Crippen LogP contribution in [0.1, 0.15) is 29.9 Å². The van der Waals surface area contributed by atoms with Crippen LogP contribution in [0.3, 0.4) is 0 Å². The van der Waals surface area contributed by atoms with Gasteiger partial charge in [-0.15, -0.1) is 0 Å². The maximum absolute atomic E-state index is 9.78. The monoisotopic (exact) mass is 257 g/mol. The molecule has 1 aromatic rings. The van der Waals surface area contributed by atoms with E-state index in [9.17, 15) is 5.11 Å². The van der Waals surface area contributed by atoms with Gasteiger partial charge in [-0.1, -0.05) is 23.2 Å². The molecule has 4 heteroatoms. The number of aromatic hydroxyl groups is 1. The smallest absolute Gasteiger partial charge is 0.153 e. The van der Waals surface area contributed by atoms with Gasteiger partial charge in [-0.2, -0.15) is 0 Å². The van der Waals surface area contributed by atoms with Gasteiger partial charge in [0.15, 0.2) is 5.75 Å². The zero-order valence-electron chi connectivity index (χ0n) is 8.76. The van der Waals surface area contributed by atoms with E-state index in [1.807, 2.05) is 6.07 Å². The highest BCUT2D eigenvalue weighted by molar-refractivity contribution is 6.37. The third-order valence-corrected chi connectivity index (χ3v) is 4.36. The van der Waals surface area contributed by atoms with Crippen LogP contribution in [0.2, 0.25) is 10.0 Å². The summed E-state index contributed by atoms with van der Waals surface area (Å²) in [6.45, 7) is 1.04. The Bertz CT molecular complexity index is 447. The third kappa shape index (κ3) is 1.52. The van der Waals surface area contributed by atoms with E-state index in [1.54, 1.807) is 0 Å². The molecule has 86 valence electrons. The minimum atomic E-state index is 0.0408. The molecular weight excluding hydrogens is 245 g/mol. The quantitative estimate of drug-likeness (QED) is 0.749. The molecule has 2 atom stereocenters. The van der Waals surface area contributed by atoms with Crippen molar-refractivity contribution in [3.05, 3.63) is 27.2 Å². The summed E-state index contributed by atoms with van der Waals surface area (Å²) in [5, 5.41) is 14.1. The van der Waals surface area contributed by atoms with E-state index < -0.39 is 0 Å². The standard InChI is InChI=1S/C12H13Cl2NO/c13-9-5-7-4-8-3-6(1-2-15-8)10(7)11(14)12(9)16/h5-6,8,15-16H,1-4H2/t6-,8+/m1/s1. The summed E-state index contributed by atoms with van der Waals surface area (Å²) in [5.74, 6) is 0.518. The number of piperidine rings is 1. The molecule has 2 nitrogen and oxygen atoms in total. The molecule has 1 fully saturated rings. The first kappa shape index (κ1) is 10.7. The van der Waals surface area contributed by atoms with E-state index in [0.29, 0.717) is 22.0 Å². The number of hydrogen-bond donors (Lipinski definition) is 2. The number of halogens is 2. The maximum Gasteiger partial charge on any atom is 0.153 e. The fourth-order valence-corrected chi connectivity index (χ4v) is 3.62. The van der Waals surface area contributed by atoms with Crippen molar-refractivity contribution >= 4 is 23.2 Å². The summed E-state index contributed by atoms with van der Waals surface area (Å²) in [4.78, 5) is 0. The first-order valence-corrected chi connectivity index (χ1v) is 6.35. The number of rotatable bonds is 0. The van der Waals surface area contributed by atoms with Gasteiger partial charge < -0.3 is 10.4 Å². The summed E-state index contributed by atoms with van der Waals surface area (Å²) in [5.41, 5.74) is 2.32. The van der Waals surface area contributed by atoms with Crippen molar-refractivity contribution in [3.8, 4) is 5.75 Å². The van der Waals surface area contributed by atoms with Crippen LogP contribution >= 0.6 is 23.2 Å². The number of phenolic OH excluding ortho intramolecular Hbond substituents is 1. The number of fused-ring (bicyclic) bond motifs is 4. The lowest BCUT2D eigenvalue weighted by Crippen LogP contribution is -2.42. The Hall–Kier alpha value is -0.440. The molecule has 0 saturated carbocycles. The Morgan fingerprint density at radius 2 is 2.19 bits per heavy atom. The van der Waals surface area contributed by atoms with Crippen molar-refractivity contribution in [2.45, 2.75) is 31.2 Å². The van der Waals surface area contributed by atoms with Gasteiger partial charge in [-0.3, -0.25) is 0 Å². The predicted octanol–water partition coefficient (Wildman–Crippen LogP) is 3.09. The lowest BCUT2D eigenvalue weighted by Gasteiger charge is -2.37. The molecule has 0 unspecified atom stereocenters. The molecule has 1 aliphatic carbocycles. The topological polar surface area (TPSA) is 32.3 Å². The second-order valence-corrected chi connectivity index (χ2v) is 5.46. The first-order chi connectivity index (χ1) is 7.66. The summed E-state index contributed by atoms with van der Waals surface area (Å²) in [7, 11) is 0. The Morgan fingerprint density at radius 1 is 1.38 bits per heavy atom. The molecule has 1 saturated heterocycles. The summed E-state index contributed by atoms with van der Waals surface area (Å²) < 4.78 is 0. The zero-order valence-corrected chi connectivity index (χ0v) is 10.3. The highest BCUT2D eigenvalue weighted by Crippen LogP contribution is 2.46. The number of nitrogens with one attached hydrogen (secondary N) is 1. The molecular formula is C12H13Cl2NO. The largest absolute Gasteiger partial charge is 0.505 e. The highest BCUT2D eigenvalue weighted by atomic mass is 35.5. The molecule has 3 rings (SSSR count). The van der Waals surface area contributed by atoms with Crippen molar-refractivity contribution in [1.29, 1.82) is 0 Å². The molecule has 2 bridgehead atoms. The van der Waals surface area contributed by atoms with Crippen molar-refractivity contribution in [3.63, 3.8) is 0 Å². The van der Waals surface area contributed by atoms with Crippen LogP contribution in [-0.2, 0) is 6.42 Å². The predicted molar refractivity (Wildman–Crippen MR) is 65.6 cm³/mol. The lowest BCUT2D eigenvalue weighted by molar-refractivity contribution is 0.337. The van der Waals surface area contributed by atoms with E-state index in [4.69, 9.17) is 23.2 Å². The van der Waals surface area contributed by atoms with Gasteiger partial charge in [0.25, 0.3) is 0 Å². The SMILES string of the molecule is Oc1c(Cl)cc2c(c1Cl)[C@@H]1CCN[C@H](C2)C1. The minimum Gasteiger partial charge on any atom is -0.505 e. The van der Waals surface area contributed by atoms with E-state index in [0.717, 1.165) is 31.4 Å². The highest BCUT2D eigenvalue weighted by Gasteiger charge is 2.33. The number of benzene rings is 1. The second kappa shape index (κ2) is 3.80. The molecule has 0 aromatic heterocycles. The van der Waals surface area contributed by atoms with Crippen LogP contribution < -0.4 is 5.32 Å². The average Bonchev–Trinajstić information content (AvgIpc) is 2.26. The van der Waals surface area contributed by atoms with Crippen LogP contribution in [0.25, 0.3) is 0 Å². The lowest BCUT2D eigenvalue weighted by atomic mass is 9.76. The van der Waals surface area contributed by atoms with Crippen LogP contribution in [0.15, 0.2) is 6.07 Å².